The Kier molecular flexibility index (Phi) is 6.90. The summed E-state index contributed by atoms with van der Waals surface area (Å²) in [6.45, 7) is 3.71. The maximum Gasteiger partial charge on any atom is 0.338 e. The number of methoxy groups -OCH3 is 2. The van der Waals surface area contributed by atoms with E-state index in [1.165, 1.54) is 11.3 Å². The van der Waals surface area contributed by atoms with Gasteiger partial charge >= 0.3 is 5.97 Å². The maximum atomic E-state index is 13.6. The largest absolute Gasteiger partial charge is 0.497 e. The predicted octanol–water partition coefficient (Wildman–Crippen LogP) is 3.47. The first-order chi connectivity index (χ1) is 16.4. The van der Waals surface area contributed by atoms with Gasteiger partial charge in [0.2, 0.25) is 0 Å². The van der Waals surface area contributed by atoms with Crippen molar-refractivity contribution in [1.82, 2.24) is 4.57 Å². The molecule has 1 atom stereocenters. The van der Waals surface area contributed by atoms with Crippen molar-refractivity contribution >= 4 is 35.0 Å². The first-order valence-electron chi connectivity index (χ1n) is 10.5. The van der Waals surface area contributed by atoms with Gasteiger partial charge in [-0.3, -0.25) is 9.36 Å². The molecular formula is C25H23ClN2O5S. The molecule has 0 spiro atoms. The van der Waals surface area contributed by atoms with Gasteiger partial charge in [0.1, 0.15) is 11.5 Å². The van der Waals surface area contributed by atoms with Crippen LogP contribution in [0.5, 0.6) is 11.5 Å². The molecule has 4 rings (SSSR count). The zero-order valence-electron chi connectivity index (χ0n) is 19.1. The number of hydrogen-bond donors (Lipinski definition) is 0. The van der Waals surface area contributed by atoms with Crippen molar-refractivity contribution in [2.45, 2.75) is 19.9 Å². The Morgan fingerprint density at radius 3 is 2.53 bits per heavy atom. The van der Waals surface area contributed by atoms with Crippen LogP contribution in [-0.4, -0.2) is 31.4 Å². The van der Waals surface area contributed by atoms with E-state index in [0.29, 0.717) is 37.1 Å². The lowest BCUT2D eigenvalue weighted by molar-refractivity contribution is -0.139. The quantitative estimate of drug-likeness (QED) is 0.486. The smallest absolute Gasteiger partial charge is 0.338 e. The Labute approximate surface area is 205 Å². The second-order valence-corrected chi connectivity index (χ2v) is 8.89. The number of esters is 1. The Morgan fingerprint density at radius 1 is 1.18 bits per heavy atom. The van der Waals surface area contributed by atoms with Crippen LogP contribution in [0.3, 0.4) is 0 Å². The van der Waals surface area contributed by atoms with Gasteiger partial charge < -0.3 is 14.2 Å². The molecule has 0 bridgehead atoms. The summed E-state index contributed by atoms with van der Waals surface area (Å²) < 4.78 is 17.8. The van der Waals surface area contributed by atoms with Gasteiger partial charge in [-0.1, -0.05) is 41.1 Å². The number of aromatic nitrogens is 1. The van der Waals surface area contributed by atoms with Crippen molar-refractivity contribution in [1.29, 1.82) is 0 Å². The van der Waals surface area contributed by atoms with Gasteiger partial charge in [-0.15, -0.1) is 0 Å². The van der Waals surface area contributed by atoms with Crippen molar-refractivity contribution in [2.75, 3.05) is 20.8 Å². The highest BCUT2D eigenvalue weighted by atomic mass is 35.5. The molecule has 0 aliphatic carbocycles. The molecule has 0 N–H and O–H groups in total. The minimum atomic E-state index is -0.678. The monoisotopic (exact) mass is 498 g/mol. The first-order valence-corrected chi connectivity index (χ1v) is 11.7. The highest BCUT2D eigenvalue weighted by Gasteiger charge is 2.33. The number of ether oxygens (including phenoxy) is 3. The standard InChI is InChI=1S/C25H23ClN2O5S/c1-5-33-24(30)21-14(2)27-25-28(22(21)16-7-9-17(31-3)10-8-16)23(29)20(34-25)13-15-6-11-19(32-4)18(26)12-15/h6-13,22H,5H2,1-4H3/b20-13+/t22-/m1/s1. The van der Waals surface area contributed by atoms with Gasteiger partial charge in [0.05, 0.1) is 47.7 Å². The van der Waals surface area contributed by atoms with Gasteiger partial charge in [-0.2, -0.15) is 0 Å². The fraction of sp³-hybridized carbons (Fsp3) is 0.240. The Hall–Kier alpha value is -3.36. The summed E-state index contributed by atoms with van der Waals surface area (Å²) in [5.74, 6) is 0.723. The van der Waals surface area contributed by atoms with Gasteiger partial charge in [0, 0.05) is 0 Å². The average molecular weight is 499 g/mol. The van der Waals surface area contributed by atoms with Gasteiger partial charge in [-0.05, 0) is 55.3 Å². The summed E-state index contributed by atoms with van der Waals surface area (Å²) in [4.78, 5) is 31.6. The summed E-state index contributed by atoms with van der Waals surface area (Å²) in [5.41, 5.74) is 2.08. The Morgan fingerprint density at radius 2 is 1.91 bits per heavy atom. The van der Waals surface area contributed by atoms with E-state index in [9.17, 15) is 9.59 Å². The normalized spacial score (nSPS) is 15.6. The second kappa shape index (κ2) is 9.87. The number of rotatable bonds is 6. The maximum absolute atomic E-state index is 13.6. The van der Waals surface area contributed by atoms with Crippen LogP contribution in [0.1, 0.15) is 31.0 Å². The number of allylic oxidation sites excluding steroid dienone is 1. The van der Waals surface area contributed by atoms with Crippen LogP contribution in [0, 0.1) is 0 Å². The molecule has 0 fully saturated rings. The van der Waals surface area contributed by atoms with E-state index in [0.717, 1.165) is 11.1 Å². The molecule has 1 aliphatic rings. The molecule has 0 amide bonds. The molecule has 9 heteroatoms. The van der Waals surface area contributed by atoms with Crippen LogP contribution in [0.15, 0.2) is 63.5 Å². The van der Waals surface area contributed by atoms with Gasteiger partial charge in [0.25, 0.3) is 5.56 Å². The predicted molar refractivity (Wildman–Crippen MR) is 131 cm³/mol. The van der Waals surface area contributed by atoms with E-state index in [1.54, 1.807) is 63.0 Å². The number of halogens is 1. The number of thiazole rings is 1. The molecule has 3 aromatic rings. The highest BCUT2D eigenvalue weighted by Crippen LogP contribution is 2.31. The zero-order chi connectivity index (χ0) is 24.4. The third kappa shape index (κ3) is 4.38. The molecule has 7 nitrogen and oxygen atoms in total. The molecule has 0 radical (unpaired) electrons. The second-order valence-electron chi connectivity index (χ2n) is 7.47. The molecular weight excluding hydrogens is 476 g/mol. The number of fused-ring (bicyclic) bond motifs is 1. The molecule has 2 aromatic carbocycles. The third-order valence-electron chi connectivity index (χ3n) is 5.42. The summed E-state index contributed by atoms with van der Waals surface area (Å²) in [6.07, 6.45) is 1.75. The van der Waals surface area contributed by atoms with Gasteiger partial charge in [0.15, 0.2) is 4.80 Å². The average Bonchev–Trinajstić information content (AvgIpc) is 3.12. The molecule has 34 heavy (non-hydrogen) atoms. The minimum Gasteiger partial charge on any atom is -0.497 e. The molecule has 1 aromatic heterocycles. The number of hydrogen-bond acceptors (Lipinski definition) is 7. The lowest BCUT2D eigenvalue weighted by Crippen LogP contribution is -2.39. The molecule has 1 aliphatic heterocycles. The minimum absolute atomic E-state index is 0.216. The van der Waals surface area contributed by atoms with E-state index < -0.39 is 12.0 Å². The summed E-state index contributed by atoms with van der Waals surface area (Å²) in [7, 11) is 3.12. The van der Waals surface area contributed by atoms with Crippen molar-refractivity contribution in [3.63, 3.8) is 0 Å². The van der Waals surface area contributed by atoms with E-state index in [2.05, 4.69) is 4.99 Å². The molecule has 176 valence electrons. The van der Waals surface area contributed by atoms with E-state index in [1.807, 2.05) is 18.2 Å². The van der Waals surface area contributed by atoms with Crippen molar-refractivity contribution < 1.29 is 19.0 Å². The Bertz CT molecular complexity index is 1450. The van der Waals surface area contributed by atoms with Crippen LogP contribution in [0.4, 0.5) is 0 Å². The van der Waals surface area contributed by atoms with E-state index in [-0.39, 0.29) is 12.2 Å². The van der Waals surface area contributed by atoms with E-state index in [4.69, 9.17) is 25.8 Å². The van der Waals surface area contributed by atoms with Crippen molar-refractivity contribution in [3.8, 4) is 11.5 Å². The van der Waals surface area contributed by atoms with Crippen LogP contribution in [-0.2, 0) is 9.53 Å². The lowest BCUT2D eigenvalue weighted by Gasteiger charge is -2.24. The first kappa shape index (κ1) is 23.8. The molecule has 0 saturated carbocycles. The van der Waals surface area contributed by atoms with Crippen molar-refractivity contribution in [2.24, 2.45) is 4.99 Å². The fourth-order valence-corrected chi connectivity index (χ4v) is 5.13. The summed E-state index contributed by atoms with van der Waals surface area (Å²) >= 11 is 7.51. The number of benzene rings is 2. The highest BCUT2D eigenvalue weighted by molar-refractivity contribution is 7.07. The SMILES string of the molecule is CCOC(=O)C1=C(C)N=c2s/c(=C/c3ccc(OC)c(Cl)c3)c(=O)n2[C@@H]1c1ccc(OC)cc1. The van der Waals surface area contributed by atoms with Crippen LogP contribution in [0.25, 0.3) is 6.08 Å². The van der Waals surface area contributed by atoms with Gasteiger partial charge in [-0.25, -0.2) is 9.79 Å². The van der Waals surface area contributed by atoms with Crippen LogP contribution < -0.4 is 24.4 Å². The number of nitrogens with zero attached hydrogens (tertiary/aromatic N) is 2. The zero-order valence-corrected chi connectivity index (χ0v) is 20.7. The number of carbonyl (C=O) groups excluding carboxylic acids is 1. The third-order valence-corrected chi connectivity index (χ3v) is 6.70. The van der Waals surface area contributed by atoms with E-state index >= 15 is 0 Å². The topological polar surface area (TPSA) is 79.1 Å². The fourth-order valence-electron chi connectivity index (χ4n) is 3.82. The molecule has 0 unspecified atom stereocenters. The summed E-state index contributed by atoms with van der Waals surface area (Å²) in [6, 6.07) is 11.9. The Balaban J connectivity index is 1.92. The molecule has 2 heterocycles. The molecule has 0 saturated heterocycles. The van der Waals surface area contributed by atoms with Crippen LogP contribution in [0.2, 0.25) is 5.02 Å². The summed E-state index contributed by atoms with van der Waals surface area (Å²) in [5, 5.41) is 0.445. The lowest BCUT2D eigenvalue weighted by atomic mass is 9.96. The van der Waals surface area contributed by atoms with Crippen LogP contribution >= 0.6 is 22.9 Å². The van der Waals surface area contributed by atoms with Crippen molar-refractivity contribution in [3.05, 3.63) is 89.6 Å². The number of carbonyl (C=O) groups is 1.